The molecule has 0 aromatic heterocycles. The molecule has 1 saturated heterocycles. The van der Waals surface area contributed by atoms with Crippen molar-refractivity contribution < 1.29 is 47.6 Å². The number of benzene rings is 4. The van der Waals surface area contributed by atoms with Crippen LogP contribution in [0.25, 0.3) is 0 Å². The van der Waals surface area contributed by atoms with Crippen LogP contribution in [0.4, 0.5) is 0 Å². The molecule has 5 atom stereocenters. The molecule has 0 aliphatic carbocycles. The topological polar surface area (TPSA) is 127 Å². The highest BCUT2D eigenvalue weighted by Crippen LogP contribution is 2.47. The van der Waals surface area contributed by atoms with E-state index in [1.807, 2.05) is 0 Å². The molecule has 0 amide bonds. The van der Waals surface area contributed by atoms with Crippen LogP contribution in [-0.2, 0) is 18.9 Å². The summed E-state index contributed by atoms with van der Waals surface area (Å²) in [6.07, 6.45) is 0.511. The molecule has 0 saturated carbocycles. The monoisotopic (exact) mass is 910 g/mol. The van der Waals surface area contributed by atoms with Gasteiger partial charge in [0.1, 0.15) is 35.4 Å². The summed E-state index contributed by atoms with van der Waals surface area (Å²) in [5, 5.41) is 0. The Labute approximate surface area is 331 Å². The highest BCUT2D eigenvalue weighted by atomic mass is 79.9. The Morgan fingerprint density at radius 1 is 0.736 bits per heavy atom. The van der Waals surface area contributed by atoms with Gasteiger partial charge in [-0.15, -0.1) is 0 Å². The molecule has 0 N–H and O–H groups in total. The van der Waals surface area contributed by atoms with Gasteiger partial charge in [-0.2, -0.15) is 0 Å². The van der Waals surface area contributed by atoms with Crippen LogP contribution in [-0.4, -0.2) is 55.4 Å². The van der Waals surface area contributed by atoms with Gasteiger partial charge in [0.15, 0.2) is 6.10 Å². The lowest BCUT2D eigenvalue weighted by atomic mass is 9.97. The van der Waals surface area contributed by atoms with Crippen LogP contribution in [0.5, 0.6) is 11.5 Å². The molecule has 0 radical (unpaired) electrons. The number of fused-ring (bicyclic) bond motifs is 3. The van der Waals surface area contributed by atoms with Gasteiger partial charge >= 0.3 is 23.9 Å². The molecule has 10 nitrogen and oxygen atoms in total. The number of carbonyl (C=O) groups is 4. The van der Waals surface area contributed by atoms with E-state index in [0.717, 1.165) is 13.4 Å². The second-order valence-corrected chi connectivity index (χ2v) is 15.1. The first-order valence-electron chi connectivity index (χ1n) is 16.6. The second-order valence-electron chi connectivity index (χ2n) is 12.4. The SMILES string of the molecule is COc1cc(OC(=O)c2ccc(Br)cc2)c2c(c1)[C@@H]1O[C@@H]1CC[C@H](OC(=O)c1ccc(Br)cc1)[C@@H](OC(=O)c1ccc(Br)cc1)/C=C/C[C@H](C)OC2=O. The minimum atomic E-state index is -0.995. The van der Waals surface area contributed by atoms with Crippen molar-refractivity contribution in [1.82, 2.24) is 0 Å². The largest absolute Gasteiger partial charge is 0.497 e. The molecule has 13 heteroatoms. The number of methoxy groups -OCH3 is 1. The predicted octanol–water partition coefficient (Wildman–Crippen LogP) is 9.38. The standard InChI is InChI=1S/C40H33Br3O10/c1-22-4-3-5-31(51-37(44)23-6-12-26(41)13-7-23)32(52-38(45)24-8-14-27(42)15-9-24)18-19-33-36(50-33)30-20-29(48-2)21-34(35(30)40(47)49-22)53-39(46)25-10-16-28(43)17-11-25/h3,5-17,20-22,31-33,36H,4,18-19H2,1-2H3/b5-3+/t22-,31-,32-,33+,36-/m0/s1. The summed E-state index contributed by atoms with van der Waals surface area (Å²) in [5.74, 6) is -2.30. The zero-order valence-electron chi connectivity index (χ0n) is 28.5. The van der Waals surface area contributed by atoms with Crippen LogP contribution < -0.4 is 9.47 Å². The maximum atomic E-state index is 13.9. The molecule has 0 bridgehead atoms. The molecule has 274 valence electrons. The molecule has 2 heterocycles. The molecule has 2 aliphatic heterocycles. The van der Waals surface area contributed by atoms with Gasteiger partial charge in [0.2, 0.25) is 0 Å². The Balaban J connectivity index is 1.32. The van der Waals surface area contributed by atoms with Crippen LogP contribution in [0.3, 0.4) is 0 Å². The third-order valence-corrected chi connectivity index (χ3v) is 10.2. The maximum Gasteiger partial charge on any atom is 0.343 e. The number of halogens is 3. The Bertz CT molecular complexity index is 2010. The highest BCUT2D eigenvalue weighted by Gasteiger charge is 2.45. The van der Waals surface area contributed by atoms with Crippen molar-refractivity contribution in [3.05, 3.63) is 138 Å². The van der Waals surface area contributed by atoms with Crippen molar-refractivity contribution in [2.45, 2.75) is 56.7 Å². The summed E-state index contributed by atoms with van der Waals surface area (Å²) in [5.41, 5.74) is 1.36. The maximum absolute atomic E-state index is 13.9. The number of hydrogen-bond acceptors (Lipinski definition) is 10. The predicted molar refractivity (Wildman–Crippen MR) is 204 cm³/mol. The molecule has 4 aromatic carbocycles. The van der Waals surface area contributed by atoms with Crippen LogP contribution in [0, 0.1) is 0 Å². The third kappa shape index (κ3) is 9.82. The summed E-state index contributed by atoms with van der Waals surface area (Å²) in [7, 11) is 1.46. The van der Waals surface area contributed by atoms with Gasteiger partial charge in [0, 0.05) is 31.5 Å². The molecule has 1 fully saturated rings. The average molecular weight is 913 g/mol. The van der Waals surface area contributed by atoms with Crippen LogP contribution in [0.2, 0.25) is 0 Å². The average Bonchev–Trinajstić information content (AvgIpc) is 3.92. The molecule has 0 spiro atoms. The summed E-state index contributed by atoms with van der Waals surface area (Å²) < 4.78 is 37.8. The number of hydrogen-bond donors (Lipinski definition) is 0. The lowest BCUT2D eigenvalue weighted by molar-refractivity contribution is -0.0248. The summed E-state index contributed by atoms with van der Waals surface area (Å²) in [4.78, 5) is 53.9. The molecular formula is C40H33Br3O10. The Morgan fingerprint density at radius 3 is 1.85 bits per heavy atom. The number of ether oxygens (including phenoxy) is 6. The smallest absolute Gasteiger partial charge is 0.343 e. The minimum Gasteiger partial charge on any atom is -0.497 e. The lowest BCUT2D eigenvalue weighted by Gasteiger charge is -2.25. The molecule has 2 aliphatic rings. The van der Waals surface area contributed by atoms with Crippen molar-refractivity contribution >= 4 is 71.7 Å². The normalized spacial score (nSPS) is 21.8. The van der Waals surface area contributed by atoms with Gasteiger partial charge in [-0.25, -0.2) is 19.2 Å². The summed E-state index contributed by atoms with van der Waals surface area (Å²) in [6.45, 7) is 1.70. The minimum absolute atomic E-state index is 0.0381. The number of esters is 4. The zero-order chi connectivity index (χ0) is 37.6. The van der Waals surface area contributed by atoms with Gasteiger partial charge in [-0.05, 0) is 105 Å². The lowest BCUT2D eigenvalue weighted by Crippen LogP contribution is -2.34. The molecular weight excluding hydrogens is 880 g/mol. The van der Waals surface area contributed by atoms with E-state index in [-0.39, 0.29) is 29.7 Å². The first-order chi connectivity index (χ1) is 25.5. The highest BCUT2D eigenvalue weighted by molar-refractivity contribution is 9.11. The van der Waals surface area contributed by atoms with Crippen molar-refractivity contribution in [3.8, 4) is 11.5 Å². The molecule has 0 unspecified atom stereocenters. The van der Waals surface area contributed by atoms with E-state index >= 15 is 0 Å². The van der Waals surface area contributed by atoms with E-state index in [1.54, 1.807) is 97.9 Å². The fourth-order valence-corrected chi connectivity index (χ4v) is 6.55. The number of epoxide rings is 1. The fourth-order valence-electron chi connectivity index (χ4n) is 5.75. The van der Waals surface area contributed by atoms with Gasteiger partial charge < -0.3 is 28.4 Å². The van der Waals surface area contributed by atoms with Gasteiger partial charge in [-0.3, -0.25) is 0 Å². The summed E-state index contributed by atoms with van der Waals surface area (Å²) >= 11 is 10.1. The van der Waals surface area contributed by atoms with Crippen LogP contribution in [0.15, 0.2) is 110 Å². The second kappa shape index (κ2) is 17.2. The first kappa shape index (κ1) is 38.4. The van der Waals surface area contributed by atoms with Crippen molar-refractivity contribution in [3.63, 3.8) is 0 Å². The number of rotatable bonds is 7. The van der Waals surface area contributed by atoms with E-state index in [9.17, 15) is 19.2 Å². The van der Waals surface area contributed by atoms with E-state index in [4.69, 9.17) is 28.4 Å². The molecule has 53 heavy (non-hydrogen) atoms. The molecule has 6 rings (SSSR count). The van der Waals surface area contributed by atoms with Crippen LogP contribution >= 0.6 is 47.8 Å². The van der Waals surface area contributed by atoms with Crippen molar-refractivity contribution in [2.75, 3.05) is 7.11 Å². The van der Waals surface area contributed by atoms with Gasteiger partial charge in [-0.1, -0.05) is 53.9 Å². The third-order valence-electron chi connectivity index (χ3n) is 8.58. The van der Waals surface area contributed by atoms with Crippen molar-refractivity contribution in [1.29, 1.82) is 0 Å². The summed E-state index contributed by atoms with van der Waals surface area (Å²) in [6, 6.07) is 23.2. The first-order valence-corrected chi connectivity index (χ1v) is 19.0. The van der Waals surface area contributed by atoms with E-state index < -0.39 is 54.4 Å². The Morgan fingerprint density at radius 2 is 1.28 bits per heavy atom. The quantitative estimate of drug-likeness (QED) is 0.0582. The zero-order valence-corrected chi connectivity index (χ0v) is 33.2. The van der Waals surface area contributed by atoms with Crippen molar-refractivity contribution in [2.24, 2.45) is 0 Å². The van der Waals surface area contributed by atoms with E-state index in [2.05, 4.69) is 47.8 Å². The van der Waals surface area contributed by atoms with E-state index in [1.165, 1.54) is 13.2 Å². The van der Waals surface area contributed by atoms with Crippen LogP contribution in [0.1, 0.15) is 79.3 Å². The number of cyclic esters (lactones) is 1. The fraction of sp³-hybridized carbons (Fsp3) is 0.250. The Hall–Kier alpha value is -4.30. The van der Waals surface area contributed by atoms with Gasteiger partial charge in [0.25, 0.3) is 0 Å². The molecule has 4 aromatic rings. The Kier molecular flexibility index (Phi) is 12.5. The van der Waals surface area contributed by atoms with E-state index in [0.29, 0.717) is 28.9 Å². The number of carbonyl (C=O) groups excluding carboxylic acids is 4. The van der Waals surface area contributed by atoms with Gasteiger partial charge in [0.05, 0.1) is 29.9 Å².